The maximum absolute atomic E-state index is 12.0. The molecule has 0 aliphatic heterocycles. The van der Waals surface area contributed by atoms with Crippen LogP contribution in [-0.4, -0.2) is 42.1 Å². The van der Waals surface area contributed by atoms with Crippen molar-refractivity contribution in [2.75, 3.05) is 20.2 Å². The van der Waals surface area contributed by atoms with Gasteiger partial charge in [-0.25, -0.2) is 9.78 Å². The Morgan fingerprint density at radius 1 is 1.37 bits per heavy atom. The van der Waals surface area contributed by atoms with Crippen molar-refractivity contribution < 1.29 is 9.53 Å². The van der Waals surface area contributed by atoms with Crippen molar-refractivity contribution in [1.29, 1.82) is 0 Å². The molecule has 2 heterocycles. The van der Waals surface area contributed by atoms with E-state index in [9.17, 15) is 4.79 Å². The highest BCUT2D eigenvalue weighted by Crippen LogP contribution is 2.24. The Labute approximate surface area is 164 Å². The standard InChI is InChI=1S/C19H27N5O2S/c1-6-26-18(25)16-13(3)23-17(27-16)14(4)24-19(20-5)21-10-9-15-8-7-12(2)22-11-15/h7-8,11,14H,6,9-10H2,1-5H3,(H2,20,21,24). The first-order chi connectivity index (χ1) is 12.9. The third-order valence-corrected chi connectivity index (χ3v) is 5.22. The number of aromatic nitrogens is 2. The number of carbonyl (C=O) groups is 1. The molecular formula is C19H27N5O2S. The highest BCUT2D eigenvalue weighted by Gasteiger charge is 2.20. The zero-order valence-corrected chi connectivity index (χ0v) is 17.3. The monoisotopic (exact) mass is 389 g/mol. The van der Waals surface area contributed by atoms with Gasteiger partial charge in [-0.05, 0) is 45.7 Å². The van der Waals surface area contributed by atoms with Gasteiger partial charge in [-0.2, -0.15) is 0 Å². The number of ether oxygens (including phenoxy) is 1. The minimum atomic E-state index is -0.319. The predicted octanol–water partition coefficient (Wildman–Crippen LogP) is 2.80. The van der Waals surface area contributed by atoms with E-state index in [-0.39, 0.29) is 12.0 Å². The summed E-state index contributed by atoms with van der Waals surface area (Å²) >= 11 is 1.35. The molecule has 2 N–H and O–H groups in total. The van der Waals surface area contributed by atoms with Crippen LogP contribution >= 0.6 is 11.3 Å². The number of carbonyl (C=O) groups excluding carboxylic acids is 1. The van der Waals surface area contributed by atoms with Crippen LogP contribution in [0.5, 0.6) is 0 Å². The molecule has 2 rings (SSSR count). The summed E-state index contributed by atoms with van der Waals surface area (Å²) in [5.41, 5.74) is 2.88. The molecule has 2 aromatic heterocycles. The van der Waals surface area contributed by atoms with Crippen molar-refractivity contribution >= 4 is 23.3 Å². The Kier molecular flexibility index (Phi) is 7.72. The van der Waals surface area contributed by atoms with Gasteiger partial charge in [0.05, 0.1) is 18.3 Å². The summed E-state index contributed by atoms with van der Waals surface area (Å²) in [6, 6.07) is 4.01. The number of esters is 1. The van der Waals surface area contributed by atoms with Crippen LogP contribution in [0, 0.1) is 13.8 Å². The number of thiazole rings is 1. The summed E-state index contributed by atoms with van der Waals surface area (Å²) in [7, 11) is 1.73. The lowest BCUT2D eigenvalue weighted by Crippen LogP contribution is -2.39. The zero-order chi connectivity index (χ0) is 19.8. The Hall–Kier alpha value is -2.48. The number of hydrogen-bond acceptors (Lipinski definition) is 6. The maximum atomic E-state index is 12.0. The van der Waals surface area contributed by atoms with Gasteiger partial charge >= 0.3 is 5.97 Å². The van der Waals surface area contributed by atoms with Crippen molar-refractivity contribution in [2.45, 2.75) is 40.2 Å². The fourth-order valence-corrected chi connectivity index (χ4v) is 3.38. The molecule has 7 nitrogen and oxygen atoms in total. The summed E-state index contributed by atoms with van der Waals surface area (Å²) in [4.78, 5) is 25.6. The fourth-order valence-electron chi connectivity index (χ4n) is 2.42. The van der Waals surface area contributed by atoms with Gasteiger partial charge < -0.3 is 15.4 Å². The maximum Gasteiger partial charge on any atom is 0.350 e. The molecule has 8 heteroatoms. The van der Waals surface area contributed by atoms with E-state index in [1.54, 1.807) is 14.0 Å². The first kappa shape index (κ1) is 20.8. The first-order valence-electron chi connectivity index (χ1n) is 8.97. The second-order valence-electron chi connectivity index (χ2n) is 6.11. The third-order valence-electron chi connectivity index (χ3n) is 3.90. The van der Waals surface area contributed by atoms with E-state index in [0.29, 0.717) is 23.1 Å². The molecule has 27 heavy (non-hydrogen) atoms. The number of hydrogen-bond donors (Lipinski definition) is 2. The normalized spacial score (nSPS) is 12.6. The van der Waals surface area contributed by atoms with Crippen molar-refractivity contribution in [2.24, 2.45) is 4.99 Å². The van der Waals surface area contributed by atoms with Gasteiger partial charge in [0.2, 0.25) is 0 Å². The Bertz CT molecular complexity index is 786. The molecule has 0 amide bonds. The molecule has 0 radical (unpaired) electrons. The molecule has 0 spiro atoms. The van der Waals surface area contributed by atoms with Crippen molar-refractivity contribution in [3.8, 4) is 0 Å². The van der Waals surface area contributed by atoms with Crippen LogP contribution in [0.15, 0.2) is 23.3 Å². The summed E-state index contributed by atoms with van der Waals surface area (Å²) in [5.74, 6) is 0.369. The molecule has 0 bridgehead atoms. The van der Waals surface area contributed by atoms with Crippen LogP contribution in [-0.2, 0) is 11.2 Å². The zero-order valence-electron chi connectivity index (χ0n) is 16.5. The molecule has 146 valence electrons. The SMILES string of the molecule is CCOC(=O)c1sc(C(C)NC(=NC)NCCc2ccc(C)nc2)nc1C. The Morgan fingerprint density at radius 2 is 2.15 bits per heavy atom. The quantitative estimate of drug-likeness (QED) is 0.430. The molecule has 0 aromatic carbocycles. The van der Waals surface area contributed by atoms with E-state index < -0.39 is 0 Å². The summed E-state index contributed by atoms with van der Waals surface area (Å²) in [6.07, 6.45) is 2.75. The van der Waals surface area contributed by atoms with Crippen LogP contribution < -0.4 is 10.6 Å². The van der Waals surface area contributed by atoms with Gasteiger partial charge in [-0.3, -0.25) is 9.98 Å². The van der Waals surface area contributed by atoms with Gasteiger partial charge in [0.25, 0.3) is 0 Å². The third kappa shape index (κ3) is 6.02. The molecular weight excluding hydrogens is 362 g/mol. The van der Waals surface area contributed by atoms with E-state index >= 15 is 0 Å². The number of aliphatic imine (C=N–C) groups is 1. The minimum absolute atomic E-state index is 0.0795. The second kappa shape index (κ2) is 10.0. The number of aryl methyl sites for hydroxylation is 2. The molecule has 0 saturated carbocycles. The number of rotatable bonds is 7. The van der Waals surface area contributed by atoms with Gasteiger partial charge in [0.15, 0.2) is 5.96 Å². The summed E-state index contributed by atoms with van der Waals surface area (Å²) in [5, 5.41) is 7.42. The van der Waals surface area contributed by atoms with Gasteiger partial charge in [-0.15, -0.1) is 11.3 Å². The lowest BCUT2D eigenvalue weighted by atomic mass is 10.2. The van der Waals surface area contributed by atoms with Crippen LogP contribution in [0.1, 0.15) is 51.5 Å². The summed E-state index contributed by atoms with van der Waals surface area (Å²) in [6.45, 7) is 8.67. The topological polar surface area (TPSA) is 88.5 Å². The van der Waals surface area contributed by atoms with Crippen molar-refractivity contribution in [3.63, 3.8) is 0 Å². The van der Waals surface area contributed by atoms with Crippen molar-refractivity contribution in [3.05, 3.63) is 45.2 Å². The lowest BCUT2D eigenvalue weighted by molar-refractivity contribution is 0.0531. The van der Waals surface area contributed by atoms with Crippen LogP contribution in [0.4, 0.5) is 0 Å². The second-order valence-corrected chi connectivity index (χ2v) is 7.14. The summed E-state index contributed by atoms with van der Waals surface area (Å²) < 4.78 is 5.08. The van der Waals surface area contributed by atoms with E-state index in [4.69, 9.17) is 4.74 Å². The van der Waals surface area contributed by atoms with Gasteiger partial charge in [0, 0.05) is 25.5 Å². The minimum Gasteiger partial charge on any atom is -0.462 e. The lowest BCUT2D eigenvalue weighted by Gasteiger charge is -2.16. The van der Waals surface area contributed by atoms with E-state index in [1.807, 2.05) is 33.0 Å². The number of pyridine rings is 1. The number of nitrogens with one attached hydrogen (secondary N) is 2. The van der Waals surface area contributed by atoms with Crippen LogP contribution in [0.2, 0.25) is 0 Å². The molecule has 0 fully saturated rings. The van der Waals surface area contributed by atoms with Gasteiger partial charge in [-0.1, -0.05) is 6.07 Å². The fraction of sp³-hybridized carbons (Fsp3) is 0.474. The van der Waals surface area contributed by atoms with Gasteiger partial charge in [0.1, 0.15) is 9.88 Å². The average molecular weight is 390 g/mol. The van der Waals surface area contributed by atoms with E-state index in [1.165, 1.54) is 16.9 Å². The molecule has 2 aromatic rings. The highest BCUT2D eigenvalue weighted by atomic mass is 32.1. The predicted molar refractivity (Wildman–Crippen MR) is 108 cm³/mol. The molecule has 0 aliphatic rings. The molecule has 1 atom stereocenters. The van der Waals surface area contributed by atoms with Crippen LogP contribution in [0.3, 0.4) is 0 Å². The Morgan fingerprint density at radius 3 is 2.78 bits per heavy atom. The molecule has 0 aliphatic carbocycles. The Balaban J connectivity index is 1.90. The molecule has 0 saturated heterocycles. The van der Waals surface area contributed by atoms with Crippen molar-refractivity contribution in [1.82, 2.24) is 20.6 Å². The first-order valence-corrected chi connectivity index (χ1v) is 9.79. The number of guanidine groups is 1. The molecule has 1 unspecified atom stereocenters. The highest BCUT2D eigenvalue weighted by molar-refractivity contribution is 7.13. The smallest absolute Gasteiger partial charge is 0.350 e. The van der Waals surface area contributed by atoms with E-state index in [0.717, 1.165) is 23.7 Å². The number of nitrogens with zero attached hydrogens (tertiary/aromatic N) is 3. The van der Waals surface area contributed by atoms with Crippen LogP contribution in [0.25, 0.3) is 0 Å². The average Bonchev–Trinajstić information content (AvgIpc) is 3.04. The van der Waals surface area contributed by atoms with E-state index in [2.05, 4.69) is 31.7 Å². The largest absolute Gasteiger partial charge is 0.462 e.